The van der Waals surface area contributed by atoms with Crippen LogP contribution in [0.5, 0.6) is 0 Å². The van der Waals surface area contributed by atoms with Crippen LogP contribution in [0.3, 0.4) is 0 Å². The summed E-state index contributed by atoms with van der Waals surface area (Å²) in [5, 5.41) is 4.71. The minimum Gasteiger partial charge on any atom is -0.455 e. The number of hydrogen-bond acceptors (Lipinski definition) is 5. The Morgan fingerprint density at radius 1 is 1.08 bits per heavy atom. The fourth-order valence-corrected chi connectivity index (χ4v) is 5.44. The molecule has 0 radical (unpaired) electrons. The number of hydrogen-bond donors (Lipinski definition) is 1. The summed E-state index contributed by atoms with van der Waals surface area (Å²) in [6.07, 6.45) is 0. The van der Waals surface area contributed by atoms with Crippen molar-refractivity contribution in [3.05, 3.63) is 74.3 Å². The van der Waals surface area contributed by atoms with Crippen LogP contribution in [0.4, 0.5) is 0 Å². The van der Waals surface area contributed by atoms with Crippen molar-refractivity contribution < 1.29 is 17.6 Å². The normalized spacial score (nSPS) is 11.5. The number of amides is 1. The van der Waals surface area contributed by atoms with Crippen LogP contribution in [0.2, 0.25) is 10.0 Å². The third-order valence-electron chi connectivity index (χ3n) is 3.45. The van der Waals surface area contributed by atoms with Crippen LogP contribution in [-0.4, -0.2) is 14.3 Å². The Morgan fingerprint density at radius 2 is 1.81 bits per heavy atom. The fraction of sp³-hybridized carbons (Fsp3) is 0.118. The van der Waals surface area contributed by atoms with Crippen molar-refractivity contribution >= 4 is 50.3 Å². The first kappa shape index (κ1) is 19.0. The first-order chi connectivity index (χ1) is 12.4. The Labute approximate surface area is 164 Å². The molecule has 0 fully saturated rings. The van der Waals surface area contributed by atoms with Gasteiger partial charge in [-0.3, -0.25) is 4.79 Å². The maximum absolute atomic E-state index is 12.6. The molecule has 0 spiro atoms. The molecule has 2 heterocycles. The van der Waals surface area contributed by atoms with E-state index >= 15 is 0 Å². The summed E-state index contributed by atoms with van der Waals surface area (Å²) in [5.41, 5.74) is 0. The molecule has 0 aliphatic carbocycles. The minimum atomic E-state index is -3.82. The topological polar surface area (TPSA) is 76.4 Å². The van der Waals surface area contributed by atoms with E-state index in [1.54, 1.807) is 6.07 Å². The molecule has 3 rings (SSSR count). The van der Waals surface area contributed by atoms with Crippen molar-refractivity contribution in [2.45, 2.75) is 17.2 Å². The van der Waals surface area contributed by atoms with E-state index in [-0.39, 0.29) is 26.5 Å². The summed E-state index contributed by atoms with van der Waals surface area (Å²) in [5.74, 6) is -0.702. The highest BCUT2D eigenvalue weighted by molar-refractivity contribution is 7.90. The van der Waals surface area contributed by atoms with E-state index in [1.807, 2.05) is 17.5 Å². The summed E-state index contributed by atoms with van der Waals surface area (Å²) < 4.78 is 30.5. The summed E-state index contributed by atoms with van der Waals surface area (Å²) >= 11 is 13.5. The van der Waals surface area contributed by atoms with Crippen LogP contribution >= 0.6 is 34.5 Å². The SMILES string of the molecule is O=C(NCc1cccs1)c1ccc(CS(=O)(=O)c2c(Cl)cccc2Cl)o1. The Kier molecular flexibility index (Phi) is 5.72. The van der Waals surface area contributed by atoms with E-state index in [0.717, 1.165) is 4.88 Å². The van der Waals surface area contributed by atoms with Gasteiger partial charge in [-0.2, -0.15) is 0 Å². The van der Waals surface area contributed by atoms with Gasteiger partial charge in [0.2, 0.25) is 0 Å². The van der Waals surface area contributed by atoms with E-state index in [1.165, 1.54) is 35.6 Å². The minimum absolute atomic E-state index is 0.0389. The Bertz CT molecular complexity index is 1010. The lowest BCUT2D eigenvalue weighted by molar-refractivity contribution is 0.0922. The lowest BCUT2D eigenvalue weighted by atomic mass is 10.4. The Morgan fingerprint density at radius 3 is 2.46 bits per heavy atom. The van der Waals surface area contributed by atoms with Crippen molar-refractivity contribution in [3.63, 3.8) is 0 Å². The second-order valence-corrected chi connectivity index (χ2v) is 9.11. The molecule has 9 heteroatoms. The number of benzene rings is 1. The van der Waals surface area contributed by atoms with E-state index in [4.69, 9.17) is 27.6 Å². The Hall–Kier alpha value is -1.80. The van der Waals surface area contributed by atoms with Crippen LogP contribution in [0.15, 0.2) is 57.2 Å². The van der Waals surface area contributed by atoms with Gasteiger partial charge in [-0.05, 0) is 35.7 Å². The van der Waals surface area contributed by atoms with Crippen molar-refractivity contribution in [1.82, 2.24) is 5.32 Å². The predicted octanol–water partition coefficient (Wildman–Crippen LogP) is 4.55. The number of thiophene rings is 1. The zero-order chi connectivity index (χ0) is 18.7. The number of rotatable bonds is 6. The molecule has 1 amide bonds. The lowest BCUT2D eigenvalue weighted by Gasteiger charge is -2.07. The molecule has 1 aromatic carbocycles. The number of sulfone groups is 1. The molecule has 0 saturated heterocycles. The number of nitrogens with one attached hydrogen (secondary N) is 1. The maximum atomic E-state index is 12.6. The molecule has 5 nitrogen and oxygen atoms in total. The first-order valence-corrected chi connectivity index (χ1v) is 10.7. The monoisotopic (exact) mass is 429 g/mol. The third kappa shape index (κ3) is 4.29. The zero-order valence-corrected chi connectivity index (χ0v) is 16.4. The predicted molar refractivity (Wildman–Crippen MR) is 102 cm³/mol. The molecule has 0 saturated carbocycles. The maximum Gasteiger partial charge on any atom is 0.287 e. The highest BCUT2D eigenvalue weighted by Gasteiger charge is 2.24. The molecule has 2 aromatic heterocycles. The summed E-state index contributed by atoms with van der Waals surface area (Å²) in [4.78, 5) is 13.0. The highest BCUT2D eigenvalue weighted by Crippen LogP contribution is 2.31. The molecule has 0 aliphatic rings. The summed E-state index contributed by atoms with van der Waals surface area (Å²) in [7, 11) is -3.82. The van der Waals surface area contributed by atoms with Crippen LogP contribution in [0.1, 0.15) is 21.2 Å². The molecular weight excluding hydrogens is 417 g/mol. The van der Waals surface area contributed by atoms with Gasteiger partial charge in [0, 0.05) is 4.88 Å². The van der Waals surface area contributed by atoms with Crippen LogP contribution in [-0.2, 0) is 22.1 Å². The second kappa shape index (κ2) is 7.84. The average molecular weight is 430 g/mol. The lowest BCUT2D eigenvalue weighted by Crippen LogP contribution is -2.21. The molecule has 0 aliphatic heterocycles. The van der Waals surface area contributed by atoms with Crippen LogP contribution in [0, 0.1) is 0 Å². The van der Waals surface area contributed by atoms with Crippen molar-refractivity contribution in [1.29, 1.82) is 0 Å². The van der Waals surface area contributed by atoms with Gasteiger partial charge in [0.1, 0.15) is 16.4 Å². The van der Waals surface area contributed by atoms with E-state index < -0.39 is 21.5 Å². The average Bonchev–Trinajstić information content (AvgIpc) is 3.23. The van der Waals surface area contributed by atoms with Gasteiger partial charge in [0.05, 0.1) is 16.6 Å². The first-order valence-electron chi connectivity index (χ1n) is 7.43. The summed E-state index contributed by atoms with van der Waals surface area (Å²) in [6, 6.07) is 11.1. The number of halogens is 2. The number of carbonyl (C=O) groups excluding carboxylic acids is 1. The smallest absolute Gasteiger partial charge is 0.287 e. The molecule has 3 aromatic rings. The van der Waals surface area contributed by atoms with Gasteiger partial charge in [-0.15, -0.1) is 11.3 Å². The number of furan rings is 1. The van der Waals surface area contributed by atoms with E-state index in [0.29, 0.717) is 6.54 Å². The highest BCUT2D eigenvalue weighted by atomic mass is 35.5. The van der Waals surface area contributed by atoms with Crippen molar-refractivity contribution in [2.75, 3.05) is 0 Å². The zero-order valence-electron chi connectivity index (χ0n) is 13.2. The molecule has 26 heavy (non-hydrogen) atoms. The second-order valence-electron chi connectivity index (χ2n) is 5.34. The van der Waals surface area contributed by atoms with Crippen LogP contribution < -0.4 is 5.32 Å². The molecular formula is C17H13Cl2NO4S2. The summed E-state index contributed by atoms with van der Waals surface area (Å²) in [6.45, 7) is 0.375. The van der Waals surface area contributed by atoms with Gasteiger partial charge in [-0.1, -0.05) is 35.3 Å². The van der Waals surface area contributed by atoms with E-state index in [2.05, 4.69) is 5.32 Å². The Balaban J connectivity index is 1.72. The quantitative estimate of drug-likeness (QED) is 0.623. The van der Waals surface area contributed by atoms with Gasteiger partial charge in [0.15, 0.2) is 15.6 Å². The van der Waals surface area contributed by atoms with Crippen molar-refractivity contribution in [2.24, 2.45) is 0 Å². The standard InChI is InChI=1S/C17H13Cl2NO4S2/c18-13-4-1-5-14(19)16(13)26(22,23)10-11-6-7-15(24-11)17(21)20-9-12-3-2-8-25-12/h1-8H,9-10H2,(H,20,21). The van der Waals surface area contributed by atoms with Crippen LogP contribution in [0.25, 0.3) is 0 Å². The molecule has 0 atom stereocenters. The van der Waals surface area contributed by atoms with E-state index in [9.17, 15) is 13.2 Å². The van der Waals surface area contributed by atoms with Crippen molar-refractivity contribution in [3.8, 4) is 0 Å². The van der Waals surface area contributed by atoms with Gasteiger partial charge < -0.3 is 9.73 Å². The fourth-order valence-electron chi connectivity index (χ4n) is 2.28. The van der Waals surface area contributed by atoms with Gasteiger partial charge in [0.25, 0.3) is 5.91 Å². The van der Waals surface area contributed by atoms with Gasteiger partial charge in [-0.25, -0.2) is 8.42 Å². The molecule has 136 valence electrons. The molecule has 1 N–H and O–H groups in total. The third-order valence-corrected chi connectivity index (χ3v) is 6.91. The number of carbonyl (C=O) groups is 1. The van der Waals surface area contributed by atoms with Gasteiger partial charge >= 0.3 is 0 Å². The molecule has 0 unspecified atom stereocenters. The largest absolute Gasteiger partial charge is 0.455 e. The molecule has 0 bridgehead atoms.